The largest absolute Gasteiger partial charge is 0.496 e. The summed E-state index contributed by atoms with van der Waals surface area (Å²) in [6, 6.07) is 5.25. The zero-order chi connectivity index (χ0) is 16.5. The third kappa shape index (κ3) is 4.38. The molecular formula is C16H22O6. The van der Waals surface area contributed by atoms with Crippen LogP contribution in [0.15, 0.2) is 18.2 Å². The van der Waals surface area contributed by atoms with Gasteiger partial charge >= 0.3 is 11.9 Å². The van der Waals surface area contributed by atoms with Crippen LogP contribution in [0.3, 0.4) is 0 Å². The third-order valence-corrected chi connectivity index (χ3v) is 3.08. The maximum atomic E-state index is 12.1. The first-order valence-corrected chi connectivity index (χ1v) is 7.12. The van der Waals surface area contributed by atoms with Gasteiger partial charge in [-0.25, -0.2) is 0 Å². The number of ether oxygens (including phenoxy) is 4. The lowest BCUT2D eigenvalue weighted by Gasteiger charge is -2.18. The number of benzene rings is 1. The molecule has 6 heteroatoms. The number of esters is 2. The fourth-order valence-corrected chi connectivity index (χ4v) is 2.08. The lowest BCUT2D eigenvalue weighted by atomic mass is 9.97. The summed E-state index contributed by atoms with van der Waals surface area (Å²) < 4.78 is 20.5. The average molecular weight is 310 g/mol. The van der Waals surface area contributed by atoms with Crippen LogP contribution >= 0.6 is 0 Å². The van der Waals surface area contributed by atoms with E-state index in [0.717, 1.165) is 0 Å². The van der Waals surface area contributed by atoms with E-state index in [4.69, 9.17) is 18.9 Å². The molecule has 6 nitrogen and oxygen atoms in total. The SMILES string of the molecule is CCOC(=O)C(Cc1c(OC)cccc1OC)C(=O)OCC. The quantitative estimate of drug-likeness (QED) is 0.540. The van der Waals surface area contributed by atoms with Gasteiger partial charge in [-0.05, 0) is 26.0 Å². The van der Waals surface area contributed by atoms with E-state index in [2.05, 4.69) is 0 Å². The molecule has 0 aliphatic carbocycles. The predicted octanol–water partition coefficient (Wildman–Crippen LogP) is 1.99. The summed E-state index contributed by atoms with van der Waals surface area (Å²) in [6.45, 7) is 3.75. The van der Waals surface area contributed by atoms with Crippen molar-refractivity contribution in [2.24, 2.45) is 5.92 Å². The van der Waals surface area contributed by atoms with E-state index in [9.17, 15) is 9.59 Å². The average Bonchev–Trinajstić information content (AvgIpc) is 2.52. The Labute approximate surface area is 130 Å². The molecule has 22 heavy (non-hydrogen) atoms. The van der Waals surface area contributed by atoms with Crippen molar-refractivity contribution in [3.63, 3.8) is 0 Å². The van der Waals surface area contributed by atoms with Crippen molar-refractivity contribution in [3.8, 4) is 11.5 Å². The van der Waals surface area contributed by atoms with E-state index in [1.54, 1.807) is 32.0 Å². The van der Waals surface area contributed by atoms with E-state index in [1.165, 1.54) is 14.2 Å². The van der Waals surface area contributed by atoms with Crippen LogP contribution < -0.4 is 9.47 Å². The van der Waals surface area contributed by atoms with Gasteiger partial charge in [-0.2, -0.15) is 0 Å². The Balaban J connectivity index is 3.13. The van der Waals surface area contributed by atoms with E-state index < -0.39 is 17.9 Å². The Kier molecular flexibility index (Phi) is 7.22. The second-order valence-corrected chi connectivity index (χ2v) is 4.40. The highest BCUT2D eigenvalue weighted by molar-refractivity contribution is 5.95. The van der Waals surface area contributed by atoms with Gasteiger partial charge < -0.3 is 18.9 Å². The highest BCUT2D eigenvalue weighted by atomic mass is 16.6. The molecule has 0 spiro atoms. The number of carbonyl (C=O) groups is 2. The molecule has 1 aromatic rings. The Bertz CT molecular complexity index is 471. The topological polar surface area (TPSA) is 71.1 Å². The van der Waals surface area contributed by atoms with Gasteiger partial charge in [0.1, 0.15) is 11.5 Å². The predicted molar refractivity (Wildman–Crippen MR) is 80.0 cm³/mol. The van der Waals surface area contributed by atoms with Crippen LogP contribution in [0.25, 0.3) is 0 Å². The fourth-order valence-electron chi connectivity index (χ4n) is 2.08. The van der Waals surface area contributed by atoms with Crippen molar-refractivity contribution >= 4 is 11.9 Å². The van der Waals surface area contributed by atoms with Crippen LogP contribution in [0.5, 0.6) is 11.5 Å². The summed E-state index contributed by atoms with van der Waals surface area (Å²) >= 11 is 0. The van der Waals surface area contributed by atoms with Crippen LogP contribution in [0.1, 0.15) is 19.4 Å². The molecule has 0 saturated heterocycles. The molecule has 0 aromatic heterocycles. The molecule has 0 bridgehead atoms. The zero-order valence-corrected chi connectivity index (χ0v) is 13.4. The van der Waals surface area contributed by atoms with Gasteiger partial charge in [-0.15, -0.1) is 0 Å². The van der Waals surface area contributed by atoms with Gasteiger partial charge in [0.25, 0.3) is 0 Å². The highest BCUT2D eigenvalue weighted by Gasteiger charge is 2.32. The lowest BCUT2D eigenvalue weighted by molar-refractivity contribution is -0.161. The molecule has 0 aliphatic heterocycles. The summed E-state index contributed by atoms with van der Waals surface area (Å²) in [6.07, 6.45) is 0.0881. The molecule has 0 unspecified atom stereocenters. The van der Waals surface area contributed by atoms with E-state index in [-0.39, 0.29) is 19.6 Å². The van der Waals surface area contributed by atoms with E-state index in [0.29, 0.717) is 17.1 Å². The van der Waals surface area contributed by atoms with Crippen LogP contribution in [0, 0.1) is 5.92 Å². The smallest absolute Gasteiger partial charge is 0.320 e. The van der Waals surface area contributed by atoms with Gasteiger partial charge in [0.15, 0.2) is 5.92 Å². The van der Waals surface area contributed by atoms with Gasteiger partial charge in [0.2, 0.25) is 0 Å². The first-order chi connectivity index (χ1) is 10.6. The fraction of sp³-hybridized carbons (Fsp3) is 0.500. The Morgan fingerprint density at radius 1 is 0.955 bits per heavy atom. The minimum absolute atomic E-state index is 0.0881. The number of hydrogen-bond donors (Lipinski definition) is 0. The van der Waals surface area contributed by atoms with Crippen molar-refractivity contribution < 1.29 is 28.5 Å². The van der Waals surface area contributed by atoms with Crippen LogP contribution in [0.2, 0.25) is 0 Å². The van der Waals surface area contributed by atoms with Crippen molar-refractivity contribution in [3.05, 3.63) is 23.8 Å². The maximum Gasteiger partial charge on any atom is 0.320 e. The van der Waals surface area contributed by atoms with Gasteiger partial charge in [0, 0.05) is 12.0 Å². The Morgan fingerprint density at radius 3 is 1.77 bits per heavy atom. The summed E-state index contributed by atoms with van der Waals surface area (Å²) in [7, 11) is 3.03. The molecule has 0 atom stereocenters. The first-order valence-electron chi connectivity index (χ1n) is 7.12. The van der Waals surface area contributed by atoms with E-state index in [1.807, 2.05) is 0 Å². The minimum Gasteiger partial charge on any atom is -0.496 e. The molecule has 0 aliphatic rings. The molecule has 122 valence electrons. The number of methoxy groups -OCH3 is 2. The molecule has 0 fully saturated rings. The van der Waals surface area contributed by atoms with Crippen molar-refractivity contribution in [2.45, 2.75) is 20.3 Å². The lowest BCUT2D eigenvalue weighted by Crippen LogP contribution is -2.30. The van der Waals surface area contributed by atoms with Gasteiger partial charge in [0.05, 0.1) is 27.4 Å². The van der Waals surface area contributed by atoms with Crippen molar-refractivity contribution in [1.29, 1.82) is 0 Å². The number of carbonyl (C=O) groups excluding carboxylic acids is 2. The van der Waals surface area contributed by atoms with Gasteiger partial charge in [-0.1, -0.05) is 6.07 Å². The molecular weight excluding hydrogens is 288 g/mol. The second-order valence-electron chi connectivity index (χ2n) is 4.40. The maximum absolute atomic E-state index is 12.1. The van der Waals surface area contributed by atoms with Crippen LogP contribution in [-0.4, -0.2) is 39.4 Å². The Hall–Kier alpha value is -2.24. The van der Waals surface area contributed by atoms with E-state index >= 15 is 0 Å². The van der Waals surface area contributed by atoms with Crippen molar-refractivity contribution in [2.75, 3.05) is 27.4 Å². The highest BCUT2D eigenvalue weighted by Crippen LogP contribution is 2.31. The van der Waals surface area contributed by atoms with Crippen LogP contribution in [-0.2, 0) is 25.5 Å². The minimum atomic E-state index is -1.05. The molecule has 0 amide bonds. The normalized spacial score (nSPS) is 10.2. The summed E-state index contributed by atoms with van der Waals surface area (Å²) in [5, 5.41) is 0. The zero-order valence-electron chi connectivity index (χ0n) is 13.4. The Morgan fingerprint density at radius 2 is 1.41 bits per heavy atom. The summed E-state index contributed by atoms with van der Waals surface area (Å²) in [5.74, 6) is -1.20. The monoisotopic (exact) mass is 310 g/mol. The van der Waals surface area contributed by atoms with Crippen LogP contribution in [0.4, 0.5) is 0 Å². The summed E-state index contributed by atoms with van der Waals surface area (Å²) in [5.41, 5.74) is 0.624. The number of rotatable bonds is 8. The van der Waals surface area contributed by atoms with Gasteiger partial charge in [-0.3, -0.25) is 9.59 Å². The number of hydrogen-bond acceptors (Lipinski definition) is 6. The summed E-state index contributed by atoms with van der Waals surface area (Å²) in [4.78, 5) is 24.1. The molecule has 0 saturated carbocycles. The van der Waals surface area contributed by atoms with Crippen molar-refractivity contribution in [1.82, 2.24) is 0 Å². The standard InChI is InChI=1S/C16H22O6/c1-5-21-15(17)12(16(18)22-6-2)10-11-13(19-3)8-7-9-14(11)20-4/h7-9,12H,5-6,10H2,1-4H3. The third-order valence-electron chi connectivity index (χ3n) is 3.08. The second kappa shape index (κ2) is 8.92. The molecule has 0 heterocycles. The first kappa shape index (κ1) is 17.8. The molecule has 0 N–H and O–H groups in total. The molecule has 1 aromatic carbocycles. The molecule has 0 radical (unpaired) electrons. The molecule has 1 rings (SSSR count).